The molecule has 29 heavy (non-hydrogen) atoms. The SMILES string of the molecule is CCOc1ccc(-c2nnc(SCc3coc(-c4ccc(F)cc4)n3)n2N)cc1. The molecule has 0 fully saturated rings. The van der Waals surface area contributed by atoms with Gasteiger partial charge in [-0.15, -0.1) is 10.2 Å². The Hall–Kier alpha value is -3.33. The van der Waals surface area contributed by atoms with E-state index < -0.39 is 0 Å². The third kappa shape index (κ3) is 4.24. The molecule has 0 aliphatic heterocycles. The molecule has 0 amide bonds. The highest BCUT2D eigenvalue weighted by Gasteiger charge is 2.14. The molecule has 148 valence electrons. The zero-order valence-electron chi connectivity index (χ0n) is 15.6. The number of aromatic nitrogens is 4. The summed E-state index contributed by atoms with van der Waals surface area (Å²) in [7, 11) is 0. The molecule has 9 heteroatoms. The predicted octanol–water partition coefficient (Wildman–Crippen LogP) is 4.14. The number of halogens is 1. The van der Waals surface area contributed by atoms with Gasteiger partial charge >= 0.3 is 0 Å². The van der Waals surface area contributed by atoms with E-state index in [0.717, 1.165) is 17.0 Å². The second-order valence-corrected chi connectivity index (χ2v) is 7.02. The maximum Gasteiger partial charge on any atom is 0.226 e. The third-order valence-corrected chi connectivity index (χ3v) is 5.06. The van der Waals surface area contributed by atoms with E-state index in [1.54, 1.807) is 18.4 Å². The molecule has 0 aliphatic rings. The lowest BCUT2D eigenvalue weighted by Crippen LogP contribution is -2.11. The molecule has 0 aliphatic carbocycles. The van der Waals surface area contributed by atoms with Gasteiger partial charge in [0.15, 0.2) is 5.82 Å². The molecule has 0 atom stereocenters. The number of thioether (sulfide) groups is 1. The van der Waals surface area contributed by atoms with Crippen molar-refractivity contribution in [3.8, 4) is 28.6 Å². The van der Waals surface area contributed by atoms with E-state index in [-0.39, 0.29) is 5.82 Å². The van der Waals surface area contributed by atoms with Crippen LogP contribution in [0.5, 0.6) is 5.75 Å². The second-order valence-electron chi connectivity index (χ2n) is 6.07. The molecule has 0 radical (unpaired) electrons. The molecular weight excluding hydrogens is 393 g/mol. The van der Waals surface area contributed by atoms with Gasteiger partial charge in [-0.2, -0.15) is 0 Å². The minimum Gasteiger partial charge on any atom is -0.494 e. The van der Waals surface area contributed by atoms with Crippen molar-refractivity contribution < 1.29 is 13.5 Å². The second kappa shape index (κ2) is 8.36. The third-order valence-electron chi connectivity index (χ3n) is 4.08. The molecule has 0 bridgehead atoms. The molecule has 4 rings (SSSR count). The highest BCUT2D eigenvalue weighted by molar-refractivity contribution is 7.98. The van der Waals surface area contributed by atoms with Gasteiger partial charge < -0.3 is 15.0 Å². The van der Waals surface area contributed by atoms with E-state index in [1.807, 2.05) is 31.2 Å². The van der Waals surface area contributed by atoms with Gasteiger partial charge in [0, 0.05) is 16.9 Å². The average Bonchev–Trinajstić information content (AvgIpc) is 3.35. The summed E-state index contributed by atoms with van der Waals surface area (Å²) in [6, 6.07) is 13.5. The molecule has 2 aromatic carbocycles. The first-order valence-electron chi connectivity index (χ1n) is 8.91. The monoisotopic (exact) mass is 411 g/mol. The molecular formula is C20H18FN5O2S. The van der Waals surface area contributed by atoms with Crippen LogP contribution in [-0.4, -0.2) is 26.5 Å². The molecule has 0 spiro atoms. The summed E-state index contributed by atoms with van der Waals surface area (Å²) >= 11 is 1.40. The Morgan fingerprint density at radius 3 is 2.52 bits per heavy atom. The van der Waals surface area contributed by atoms with Gasteiger partial charge in [0.25, 0.3) is 0 Å². The Balaban J connectivity index is 1.44. The first kappa shape index (κ1) is 19.0. The maximum atomic E-state index is 13.0. The van der Waals surface area contributed by atoms with Crippen molar-refractivity contribution in [2.75, 3.05) is 12.4 Å². The van der Waals surface area contributed by atoms with Crippen molar-refractivity contribution in [3.05, 3.63) is 66.3 Å². The molecule has 2 heterocycles. The van der Waals surface area contributed by atoms with Gasteiger partial charge in [-0.05, 0) is 55.5 Å². The lowest BCUT2D eigenvalue weighted by Gasteiger charge is -2.05. The summed E-state index contributed by atoms with van der Waals surface area (Å²) in [5.41, 5.74) is 2.28. The predicted molar refractivity (Wildman–Crippen MR) is 108 cm³/mol. The largest absolute Gasteiger partial charge is 0.494 e. The minimum atomic E-state index is -0.304. The summed E-state index contributed by atoms with van der Waals surface area (Å²) in [5, 5.41) is 8.90. The zero-order chi connectivity index (χ0) is 20.2. The molecule has 4 aromatic rings. The van der Waals surface area contributed by atoms with Crippen LogP contribution in [0, 0.1) is 5.82 Å². The molecule has 2 N–H and O–H groups in total. The highest BCUT2D eigenvalue weighted by Crippen LogP contribution is 2.27. The first-order chi connectivity index (χ1) is 14.1. The lowest BCUT2D eigenvalue weighted by molar-refractivity contribution is 0.340. The van der Waals surface area contributed by atoms with E-state index in [2.05, 4.69) is 15.2 Å². The smallest absolute Gasteiger partial charge is 0.226 e. The topological polar surface area (TPSA) is 92.0 Å². The number of hydrogen-bond acceptors (Lipinski definition) is 7. The van der Waals surface area contributed by atoms with E-state index in [4.69, 9.17) is 15.0 Å². The number of nitrogen functional groups attached to an aromatic ring is 1. The summed E-state index contributed by atoms with van der Waals surface area (Å²) in [6.45, 7) is 2.55. The fraction of sp³-hybridized carbons (Fsp3) is 0.150. The highest BCUT2D eigenvalue weighted by atomic mass is 32.2. The number of ether oxygens (including phenoxy) is 1. The standard InChI is InChI=1S/C20H18FN5O2S/c1-2-27-17-9-5-13(6-10-17)18-24-25-20(26(18)22)29-12-16-11-28-19(23-16)14-3-7-15(21)8-4-14/h3-11H,2,12,22H2,1H3. The number of oxazole rings is 1. The van der Waals surface area contributed by atoms with Gasteiger partial charge in [0.05, 0.1) is 12.3 Å². The average molecular weight is 411 g/mol. The van der Waals surface area contributed by atoms with Crippen molar-refractivity contribution in [3.63, 3.8) is 0 Å². The van der Waals surface area contributed by atoms with E-state index in [9.17, 15) is 4.39 Å². The van der Waals surface area contributed by atoms with Crippen molar-refractivity contribution in [1.29, 1.82) is 0 Å². The van der Waals surface area contributed by atoms with Crippen LogP contribution in [-0.2, 0) is 5.75 Å². The van der Waals surface area contributed by atoms with Crippen LogP contribution >= 0.6 is 11.8 Å². The van der Waals surface area contributed by atoms with Gasteiger partial charge in [0.1, 0.15) is 17.8 Å². The molecule has 0 saturated heterocycles. The van der Waals surface area contributed by atoms with Crippen LogP contribution in [0.1, 0.15) is 12.6 Å². The number of benzene rings is 2. The quantitative estimate of drug-likeness (QED) is 0.361. The molecule has 0 saturated carbocycles. The van der Waals surface area contributed by atoms with E-state index in [0.29, 0.717) is 34.8 Å². The Morgan fingerprint density at radius 1 is 1.07 bits per heavy atom. The van der Waals surface area contributed by atoms with Crippen LogP contribution in [0.15, 0.2) is 64.4 Å². The fourth-order valence-corrected chi connectivity index (χ4v) is 3.41. The summed E-state index contributed by atoms with van der Waals surface area (Å²) in [5.74, 6) is 8.15. The first-order valence-corrected chi connectivity index (χ1v) is 9.89. The van der Waals surface area contributed by atoms with Crippen LogP contribution in [0.4, 0.5) is 4.39 Å². The fourth-order valence-electron chi connectivity index (χ4n) is 2.68. The van der Waals surface area contributed by atoms with Gasteiger partial charge in [-0.1, -0.05) is 11.8 Å². The van der Waals surface area contributed by atoms with Crippen molar-refractivity contribution in [1.82, 2.24) is 19.9 Å². The van der Waals surface area contributed by atoms with E-state index in [1.165, 1.54) is 28.6 Å². The number of nitrogens with zero attached hydrogens (tertiary/aromatic N) is 4. The normalized spacial score (nSPS) is 11.0. The van der Waals surface area contributed by atoms with Gasteiger partial charge in [-0.3, -0.25) is 0 Å². The summed E-state index contributed by atoms with van der Waals surface area (Å²) < 4.78 is 25.4. The van der Waals surface area contributed by atoms with Crippen LogP contribution in [0.25, 0.3) is 22.8 Å². The van der Waals surface area contributed by atoms with Crippen LogP contribution in [0.3, 0.4) is 0 Å². The number of rotatable bonds is 7. The Bertz CT molecular complexity index is 1090. The number of hydrogen-bond donors (Lipinski definition) is 1. The molecule has 7 nitrogen and oxygen atoms in total. The summed E-state index contributed by atoms with van der Waals surface area (Å²) in [6.07, 6.45) is 1.57. The summed E-state index contributed by atoms with van der Waals surface area (Å²) in [4.78, 5) is 4.42. The Labute approximate surface area is 170 Å². The van der Waals surface area contributed by atoms with Crippen LogP contribution in [0.2, 0.25) is 0 Å². The minimum absolute atomic E-state index is 0.304. The van der Waals surface area contributed by atoms with Crippen molar-refractivity contribution in [2.24, 2.45) is 0 Å². The Morgan fingerprint density at radius 2 is 1.79 bits per heavy atom. The number of nitrogens with two attached hydrogens (primary N) is 1. The van der Waals surface area contributed by atoms with Crippen LogP contribution < -0.4 is 10.6 Å². The van der Waals surface area contributed by atoms with Gasteiger partial charge in [0.2, 0.25) is 11.0 Å². The zero-order valence-corrected chi connectivity index (χ0v) is 16.4. The van der Waals surface area contributed by atoms with Crippen molar-refractivity contribution in [2.45, 2.75) is 17.8 Å². The Kier molecular flexibility index (Phi) is 5.48. The lowest BCUT2D eigenvalue weighted by atomic mass is 10.2. The molecule has 2 aromatic heterocycles. The maximum absolute atomic E-state index is 13.0. The molecule has 0 unspecified atom stereocenters. The van der Waals surface area contributed by atoms with E-state index >= 15 is 0 Å². The van der Waals surface area contributed by atoms with Gasteiger partial charge in [-0.25, -0.2) is 14.1 Å². The van der Waals surface area contributed by atoms with Crippen molar-refractivity contribution >= 4 is 11.8 Å².